The molecule has 0 radical (unpaired) electrons. The molecule has 88 valence electrons. The molecule has 0 rings (SSSR count). The van der Waals surface area contributed by atoms with Crippen LogP contribution in [-0.2, 0) is 18.1 Å². The first kappa shape index (κ1) is 14.4. The molecule has 0 saturated heterocycles. The molecule has 0 amide bonds. The van der Waals surface area contributed by atoms with Crippen LogP contribution in [0.2, 0.25) is 0 Å². The summed E-state index contributed by atoms with van der Waals surface area (Å²) < 4.78 is 26.9. The van der Waals surface area contributed by atoms with E-state index in [-0.39, 0.29) is 13.2 Å². The molecule has 0 spiro atoms. The average molecular weight is 234 g/mol. The maximum atomic E-state index is 11.9. The summed E-state index contributed by atoms with van der Waals surface area (Å²) in [6.07, 6.45) is 1.81. The molecular formula is C10H19O4P. The zero-order chi connectivity index (χ0) is 11.9. The summed E-state index contributed by atoms with van der Waals surface area (Å²) in [4.78, 5) is 0. The van der Waals surface area contributed by atoms with Crippen molar-refractivity contribution in [2.24, 2.45) is 0 Å². The van der Waals surface area contributed by atoms with E-state index in [9.17, 15) is 4.57 Å². The molecule has 0 aromatic heterocycles. The molecule has 0 aromatic carbocycles. The largest absolute Gasteiger partial charge is 0.530 e. The van der Waals surface area contributed by atoms with E-state index in [1.807, 2.05) is 19.9 Å². The minimum absolute atomic E-state index is 0.263. The van der Waals surface area contributed by atoms with Gasteiger partial charge in [0, 0.05) is 0 Å². The monoisotopic (exact) mass is 234 g/mol. The van der Waals surface area contributed by atoms with Crippen molar-refractivity contribution in [1.82, 2.24) is 0 Å². The highest BCUT2D eigenvalue weighted by Gasteiger charge is 2.27. The second-order valence-corrected chi connectivity index (χ2v) is 4.36. The fraction of sp³-hybridized carbons (Fsp3) is 0.600. The van der Waals surface area contributed by atoms with E-state index in [4.69, 9.17) is 13.6 Å². The van der Waals surface area contributed by atoms with E-state index in [1.165, 1.54) is 0 Å². The molecule has 0 aliphatic rings. The quantitative estimate of drug-likeness (QED) is 0.383. The Morgan fingerprint density at radius 2 is 1.80 bits per heavy atom. The van der Waals surface area contributed by atoms with Crippen LogP contribution in [0.4, 0.5) is 0 Å². The Bertz CT molecular complexity index is 273. The third-order valence-corrected chi connectivity index (χ3v) is 3.26. The van der Waals surface area contributed by atoms with Gasteiger partial charge in [-0.15, -0.1) is 0 Å². The van der Waals surface area contributed by atoms with Gasteiger partial charge in [-0.1, -0.05) is 12.7 Å². The molecule has 0 heterocycles. The molecule has 0 saturated carbocycles. The highest BCUT2D eigenvalue weighted by atomic mass is 31.2. The van der Waals surface area contributed by atoms with Gasteiger partial charge in [-0.2, -0.15) is 0 Å². The fourth-order valence-corrected chi connectivity index (χ4v) is 2.00. The van der Waals surface area contributed by atoms with Gasteiger partial charge in [-0.3, -0.25) is 9.05 Å². The Kier molecular flexibility index (Phi) is 6.57. The van der Waals surface area contributed by atoms with Crippen molar-refractivity contribution in [2.75, 3.05) is 13.2 Å². The summed E-state index contributed by atoms with van der Waals surface area (Å²) >= 11 is 0. The van der Waals surface area contributed by atoms with Crippen LogP contribution in [0.3, 0.4) is 0 Å². The standard InChI is InChI=1S/C10H19O4P/c1-6-9(4)10(5)14-15(11,12-7-2)13-8-3/h6H,5,7-8H2,1-4H3. The van der Waals surface area contributed by atoms with Gasteiger partial charge in [-0.25, -0.2) is 4.57 Å². The Morgan fingerprint density at radius 1 is 1.33 bits per heavy atom. The predicted octanol–water partition coefficient (Wildman–Crippen LogP) is 3.66. The lowest BCUT2D eigenvalue weighted by Gasteiger charge is -2.18. The smallest absolute Gasteiger partial charge is 0.404 e. The maximum absolute atomic E-state index is 11.9. The van der Waals surface area contributed by atoms with Crippen LogP contribution in [0, 0.1) is 0 Å². The summed E-state index contributed by atoms with van der Waals surface area (Å²) in [7, 11) is -3.48. The lowest BCUT2D eigenvalue weighted by atomic mass is 10.3. The van der Waals surface area contributed by atoms with Gasteiger partial charge < -0.3 is 4.52 Å². The minimum atomic E-state index is -3.48. The van der Waals surface area contributed by atoms with Crippen molar-refractivity contribution >= 4 is 7.82 Å². The number of hydrogen-bond donors (Lipinski definition) is 0. The summed E-state index contributed by atoms with van der Waals surface area (Å²) in [6.45, 7) is 11.3. The normalized spacial score (nSPS) is 12.7. The first-order chi connectivity index (χ1) is 6.99. The number of rotatable bonds is 7. The summed E-state index contributed by atoms with van der Waals surface area (Å²) in [6, 6.07) is 0. The second kappa shape index (κ2) is 6.83. The lowest BCUT2D eigenvalue weighted by molar-refractivity contribution is 0.147. The molecule has 4 nitrogen and oxygen atoms in total. The molecule has 0 aliphatic carbocycles. The van der Waals surface area contributed by atoms with Gasteiger partial charge in [0.2, 0.25) is 0 Å². The Hall–Kier alpha value is -0.570. The van der Waals surface area contributed by atoms with Crippen LogP contribution < -0.4 is 0 Å². The zero-order valence-corrected chi connectivity index (χ0v) is 10.7. The number of allylic oxidation sites excluding steroid dienone is 2. The zero-order valence-electron chi connectivity index (χ0n) is 9.78. The van der Waals surface area contributed by atoms with E-state index in [0.29, 0.717) is 5.76 Å². The Morgan fingerprint density at radius 3 is 2.13 bits per heavy atom. The molecule has 0 N–H and O–H groups in total. The highest BCUT2D eigenvalue weighted by Crippen LogP contribution is 2.51. The maximum Gasteiger partial charge on any atom is 0.530 e. The summed E-state index contributed by atoms with van der Waals surface area (Å²) in [5.74, 6) is 0.308. The Labute approximate surface area is 91.5 Å². The van der Waals surface area contributed by atoms with E-state index in [0.717, 1.165) is 5.57 Å². The topological polar surface area (TPSA) is 44.8 Å². The first-order valence-corrected chi connectivity index (χ1v) is 6.36. The number of phosphoric ester groups is 1. The third-order valence-electron chi connectivity index (χ3n) is 1.67. The van der Waals surface area contributed by atoms with Gasteiger partial charge >= 0.3 is 7.82 Å². The van der Waals surface area contributed by atoms with E-state index < -0.39 is 7.82 Å². The van der Waals surface area contributed by atoms with E-state index >= 15 is 0 Å². The lowest BCUT2D eigenvalue weighted by Crippen LogP contribution is -2.00. The van der Waals surface area contributed by atoms with Crippen LogP contribution in [0.25, 0.3) is 0 Å². The van der Waals surface area contributed by atoms with Crippen LogP contribution in [0.15, 0.2) is 24.0 Å². The van der Waals surface area contributed by atoms with Crippen LogP contribution in [0.1, 0.15) is 27.7 Å². The van der Waals surface area contributed by atoms with Gasteiger partial charge in [0.05, 0.1) is 13.2 Å². The SMILES string of the molecule is C=C(OP(=O)(OCC)OCC)C(C)=CC. The Balaban J connectivity index is 4.55. The molecule has 0 unspecified atom stereocenters. The van der Waals surface area contributed by atoms with Crippen molar-refractivity contribution < 1.29 is 18.1 Å². The van der Waals surface area contributed by atoms with Crippen LogP contribution in [0.5, 0.6) is 0 Å². The molecule has 0 aromatic rings. The molecule has 0 aliphatic heterocycles. The fourth-order valence-electron chi connectivity index (χ4n) is 0.774. The predicted molar refractivity (Wildman–Crippen MR) is 60.5 cm³/mol. The molecule has 0 bridgehead atoms. The van der Waals surface area contributed by atoms with E-state index in [2.05, 4.69) is 6.58 Å². The summed E-state index contributed by atoms with van der Waals surface area (Å²) in [5.41, 5.74) is 0.801. The summed E-state index contributed by atoms with van der Waals surface area (Å²) in [5, 5.41) is 0. The second-order valence-electron chi connectivity index (χ2n) is 2.77. The van der Waals surface area contributed by atoms with Crippen LogP contribution >= 0.6 is 7.82 Å². The van der Waals surface area contributed by atoms with Crippen LogP contribution in [-0.4, -0.2) is 13.2 Å². The molecule has 15 heavy (non-hydrogen) atoms. The van der Waals surface area contributed by atoms with Crippen molar-refractivity contribution in [3.05, 3.63) is 24.0 Å². The van der Waals surface area contributed by atoms with Gasteiger partial charge in [0.25, 0.3) is 0 Å². The number of hydrogen-bond acceptors (Lipinski definition) is 4. The van der Waals surface area contributed by atoms with Crippen molar-refractivity contribution in [3.63, 3.8) is 0 Å². The van der Waals surface area contributed by atoms with Crippen molar-refractivity contribution in [1.29, 1.82) is 0 Å². The molecular weight excluding hydrogens is 215 g/mol. The van der Waals surface area contributed by atoms with Gasteiger partial charge in [0.15, 0.2) is 0 Å². The van der Waals surface area contributed by atoms with Gasteiger partial charge in [-0.05, 0) is 33.3 Å². The first-order valence-electron chi connectivity index (χ1n) is 4.90. The number of phosphoric acid groups is 1. The molecule has 0 fully saturated rings. The highest BCUT2D eigenvalue weighted by molar-refractivity contribution is 7.48. The molecule has 0 atom stereocenters. The third kappa shape index (κ3) is 5.17. The average Bonchev–Trinajstić information content (AvgIpc) is 2.16. The van der Waals surface area contributed by atoms with Gasteiger partial charge in [0.1, 0.15) is 5.76 Å². The van der Waals surface area contributed by atoms with E-state index in [1.54, 1.807) is 13.8 Å². The van der Waals surface area contributed by atoms with Crippen molar-refractivity contribution in [3.8, 4) is 0 Å². The van der Waals surface area contributed by atoms with Crippen molar-refractivity contribution in [2.45, 2.75) is 27.7 Å². The minimum Gasteiger partial charge on any atom is -0.404 e. The molecule has 5 heteroatoms.